The number of hydrogen-bond acceptors (Lipinski definition) is 7. The van der Waals surface area contributed by atoms with Gasteiger partial charge in [-0.2, -0.15) is 0 Å². The number of ether oxygens (including phenoxy) is 3. The number of carbonyl (C=O) groups is 3. The van der Waals surface area contributed by atoms with Gasteiger partial charge >= 0.3 is 5.97 Å². The van der Waals surface area contributed by atoms with Crippen LogP contribution in [0.3, 0.4) is 0 Å². The Morgan fingerprint density at radius 3 is 2.47 bits per heavy atom. The van der Waals surface area contributed by atoms with Gasteiger partial charge in [-0.05, 0) is 36.8 Å². The molecule has 0 spiro atoms. The molecule has 1 N–H and O–H groups in total. The molecule has 0 unspecified atom stereocenters. The number of rotatable bonds is 3. The van der Waals surface area contributed by atoms with E-state index in [0.29, 0.717) is 36.0 Å². The number of benzene rings is 2. The molecular formula is C23H21FN2O6. The van der Waals surface area contributed by atoms with Gasteiger partial charge in [-0.3, -0.25) is 19.7 Å². The van der Waals surface area contributed by atoms with Crippen LogP contribution >= 0.6 is 0 Å². The van der Waals surface area contributed by atoms with E-state index < -0.39 is 47.0 Å². The smallest absolute Gasteiger partial charge is 0.326 e. The summed E-state index contributed by atoms with van der Waals surface area (Å²) in [5.74, 6) is -2.93. The van der Waals surface area contributed by atoms with E-state index in [2.05, 4.69) is 5.32 Å². The lowest BCUT2D eigenvalue weighted by atomic mass is 9.80. The first-order valence-corrected chi connectivity index (χ1v) is 10.2. The van der Waals surface area contributed by atoms with Crippen molar-refractivity contribution in [2.75, 3.05) is 25.2 Å². The lowest BCUT2D eigenvalue weighted by molar-refractivity contribution is -0.151. The number of hydrogen-bond donors (Lipinski definition) is 1. The Balaban J connectivity index is 1.58. The fraction of sp³-hybridized carbons (Fsp3) is 0.348. The Labute approximate surface area is 183 Å². The molecule has 3 aliphatic heterocycles. The standard InChI is InChI=1S/C23H21FN2O6/c1-23(22(29)30-2)18-17(19(25-23)12-3-5-13(24)6-4-12)20(27)26(21(18)28)14-7-8-15-16(11-14)32-10-9-31-15/h3-8,11,17-19,25H,9-10H2,1-2H3/t17-,18+,19-,23+/m0/s1. The molecule has 2 fully saturated rings. The molecule has 166 valence electrons. The van der Waals surface area contributed by atoms with Crippen molar-refractivity contribution in [2.45, 2.75) is 18.5 Å². The third-order valence-electron chi connectivity index (χ3n) is 6.41. The number of nitrogens with zero attached hydrogens (tertiary/aromatic N) is 1. The second-order valence-electron chi connectivity index (χ2n) is 8.21. The molecule has 3 heterocycles. The van der Waals surface area contributed by atoms with Crippen molar-refractivity contribution < 1.29 is 33.0 Å². The monoisotopic (exact) mass is 440 g/mol. The summed E-state index contributed by atoms with van der Waals surface area (Å²) in [7, 11) is 1.23. The molecule has 2 aromatic carbocycles. The number of carbonyl (C=O) groups excluding carboxylic acids is 3. The zero-order valence-electron chi connectivity index (χ0n) is 17.5. The highest BCUT2D eigenvalue weighted by molar-refractivity contribution is 6.24. The fourth-order valence-corrected chi connectivity index (χ4v) is 4.92. The minimum Gasteiger partial charge on any atom is -0.486 e. The maximum Gasteiger partial charge on any atom is 0.326 e. The van der Waals surface area contributed by atoms with Gasteiger partial charge in [-0.1, -0.05) is 12.1 Å². The molecule has 8 nitrogen and oxygen atoms in total. The number of fused-ring (bicyclic) bond motifs is 2. The summed E-state index contributed by atoms with van der Waals surface area (Å²) >= 11 is 0. The predicted octanol–water partition coefficient (Wildman–Crippen LogP) is 1.98. The van der Waals surface area contributed by atoms with Gasteiger partial charge in [0, 0.05) is 12.1 Å². The Hall–Kier alpha value is -3.46. The third-order valence-corrected chi connectivity index (χ3v) is 6.41. The van der Waals surface area contributed by atoms with Crippen molar-refractivity contribution in [3.63, 3.8) is 0 Å². The van der Waals surface area contributed by atoms with E-state index in [9.17, 15) is 18.8 Å². The van der Waals surface area contributed by atoms with E-state index in [1.54, 1.807) is 25.1 Å². The Morgan fingerprint density at radius 1 is 1.09 bits per heavy atom. The van der Waals surface area contributed by atoms with Crippen LogP contribution in [-0.4, -0.2) is 43.6 Å². The molecule has 4 atom stereocenters. The summed E-state index contributed by atoms with van der Waals surface area (Å²) < 4.78 is 29.6. The van der Waals surface area contributed by atoms with E-state index in [-0.39, 0.29) is 0 Å². The van der Waals surface area contributed by atoms with Crippen LogP contribution in [0.5, 0.6) is 11.5 Å². The van der Waals surface area contributed by atoms with Gasteiger partial charge in [0.05, 0.1) is 24.6 Å². The van der Waals surface area contributed by atoms with Gasteiger partial charge in [0.25, 0.3) is 0 Å². The molecular weight excluding hydrogens is 419 g/mol. The molecule has 0 aromatic heterocycles. The number of amides is 2. The molecule has 2 amide bonds. The summed E-state index contributed by atoms with van der Waals surface area (Å²) in [5.41, 5.74) is -0.503. The number of anilines is 1. The predicted molar refractivity (Wildman–Crippen MR) is 110 cm³/mol. The summed E-state index contributed by atoms with van der Waals surface area (Å²) in [5, 5.41) is 3.13. The first-order chi connectivity index (χ1) is 15.3. The minimum atomic E-state index is -1.44. The highest BCUT2D eigenvalue weighted by Crippen LogP contribution is 2.50. The molecule has 32 heavy (non-hydrogen) atoms. The molecule has 0 bridgehead atoms. The zero-order valence-corrected chi connectivity index (χ0v) is 17.5. The molecule has 3 aliphatic rings. The molecule has 0 saturated carbocycles. The minimum absolute atomic E-state index is 0.337. The van der Waals surface area contributed by atoms with Crippen molar-refractivity contribution >= 4 is 23.5 Å². The van der Waals surface area contributed by atoms with Gasteiger partial charge in [-0.15, -0.1) is 0 Å². The highest BCUT2D eigenvalue weighted by atomic mass is 19.1. The largest absolute Gasteiger partial charge is 0.486 e. The van der Waals surface area contributed by atoms with Gasteiger partial charge < -0.3 is 14.2 Å². The second-order valence-corrected chi connectivity index (χ2v) is 8.21. The maximum atomic E-state index is 13.6. The van der Waals surface area contributed by atoms with Crippen LogP contribution in [0.1, 0.15) is 18.5 Å². The van der Waals surface area contributed by atoms with Crippen LogP contribution in [-0.2, 0) is 19.1 Å². The summed E-state index contributed by atoms with van der Waals surface area (Å²) in [6.07, 6.45) is 0. The molecule has 0 aliphatic carbocycles. The fourth-order valence-electron chi connectivity index (χ4n) is 4.92. The number of imide groups is 1. The lowest BCUT2D eigenvalue weighted by Gasteiger charge is -2.29. The van der Waals surface area contributed by atoms with Crippen LogP contribution in [0.4, 0.5) is 10.1 Å². The Morgan fingerprint density at radius 2 is 1.78 bits per heavy atom. The number of halogens is 1. The van der Waals surface area contributed by atoms with Crippen LogP contribution in [0.2, 0.25) is 0 Å². The molecule has 0 radical (unpaired) electrons. The quantitative estimate of drug-likeness (QED) is 0.576. The van der Waals surface area contributed by atoms with E-state index in [1.165, 1.54) is 31.4 Å². The van der Waals surface area contributed by atoms with Crippen molar-refractivity contribution in [1.29, 1.82) is 0 Å². The van der Waals surface area contributed by atoms with Crippen LogP contribution < -0.4 is 19.7 Å². The van der Waals surface area contributed by atoms with Gasteiger partial charge in [0.1, 0.15) is 24.6 Å². The maximum absolute atomic E-state index is 13.6. The molecule has 9 heteroatoms. The summed E-state index contributed by atoms with van der Waals surface area (Å²) in [4.78, 5) is 41.0. The van der Waals surface area contributed by atoms with Crippen molar-refractivity contribution in [1.82, 2.24) is 5.32 Å². The van der Waals surface area contributed by atoms with Crippen molar-refractivity contribution in [3.8, 4) is 11.5 Å². The first kappa shape index (κ1) is 20.4. The van der Waals surface area contributed by atoms with E-state index in [0.717, 1.165) is 4.90 Å². The number of methoxy groups -OCH3 is 1. The van der Waals surface area contributed by atoms with Gasteiger partial charge in [0.15, 0.2) is 11.5 Å². The van der Waals surface area contributed by atoms with Crippen LogP contribution in [0.15, 0.2) is 42.5 Å². The normalized spacial score (nSPS) is 28.6. The average Bonchev–Trinajstić information content (AvgIpc) is 3.26. The number of esters is 1. The lowest BCUT2D eigenvalue weighted by Crippen LogP contribution is -2.54. The van der Waals surface area contributed by atoms with Gasteiger partial charge in [0.2, 0.25) is 11.8 Å². The third kappa shape index (κ3) is 2.88. The van der Waals surface area contributed by atoms with E-state index >= 15 is 0 Å². The summed E-state index contributed by atoms with van der Waals surface area (Å²) in [6, 6.07) is 9.80. The van der Waals surface area contributed by atoms with Gasteiger partial charge in [-0.25, -0.2) is 9.29 Å². The first-order valence-electron chi connectivity index (χ1n) is 10.2. The molecule has 2 aromatic rings. The Bertz CT molecular complexity index is 1120. The zero-order chi connectivity index (χ0) is 22.6. The SMILES string of the molecule is COC(=O)[C@]1(C)N[C@@H](c2ccc(F)cc2)[C@H]2C(=O)N(c3ccc4c(c3)OCCO4)C(=O)[C@@H]21. The van der Waals surface area contributed by atoms with Crippen molar-refractivity contribution in [3.05, 3.63) is 53.8 Å². The van der Waals surface area contributed by atoms with Crippen molar-refractivity contribution in [2.24, 2.45) is 11.8 Å². The van der Waals surface area contributed by atoms with E-state index in [1.807, 2.05) is 0 Å². The number of nitrogens with one attached hydrogen (secondary N) is 1. The highest BCUT2D eigenvalue weighted by Gasteiger charge is 2.67. The van der Waals surface area contributed by atoms with Crippen LogP contribution in [0.25, 0.3) is 0 Å². The van der Waals surface area contributed by atoms with Crippen LogP contribution in [0, 0.1) is 17.7 Å². The molecule has 2 saturated heterocycles. The average molecular weight is 440 g/mol. The second kappa shape index (κ2) is 7.30. The topological polar surface area (TPSA) is 94.2 Å². The molecule has 5 rings (SSSR count). The Kier molecular flexibility index (Phi) is 4.67. The van der Waals surface area contributed by atoms with E-state index in [4.69, 9.17) is 14.2 Å². The summed E-state index contributed by atoms with van der Waals surface area (Å²) in [6.45, 7) is 2.33.